The van der Waals surface area contributed by atoms with Gasteiger partial charge in [-0.15, -0.1) is 0 Å². The van der Waals surface area contributed by atoms with Gasteiger partial charge in [0.05, 0.1) is 0 Å². The molecule has 0 bridgehead atoms. The van der Waals surface area contributed by atoms with Gasteiger partial charge in [-0.2, -0.15) is 0 Å². The molecule has 158 valence electrons. The molecular weight excluding hydrogens is 472 g/mol. The van der Waals surface area contributed by atoms with Crippen molar-refractivity contribution >= 4 is 28.0 Å². The first-order valence-electron chi connectivity index (χ1n) is 9.35. The third kappa shape index (κ3) is 4.03. The van der Waals surface area contributed by atoms with Gasteiger partial charge in [-0.05, 0) is 34.4 Å². The van der Waals surface area contributed by atoms with E-state index in [4.69, 9.17) is 4.74 Å². The molecule has 0 aromatic heterocycles. The number of halogens is 3. The zero-order valence-electron chi connectivity index (χ0n) is 15.9. The molecule has 1 unspecified atom stereocenters. The molecule has 3 aromatic rings. The lowest BCUT2D eigenvalue weighted by Gasteiger charge is -2.18. The highest BCUT2D eigenvalue weighted by molar-refractivity contribution is 9.10. The van der Waals surface area contributed by atoms with Crippen molar-refractivity contribution in [3.8, 4) is 11.1 Å². The fraction of sp³-hybridized carbons (Fsp3) is 0.130. The van der Waals surface area contributed by atoms with Crippen molar-refractivity contribution in [1.82, 2.24) is 5.32 Å². The monoisotopic (exact) mass is 487 g/mol. The Hall–Kier alpha value is -3.26. The van der Waals surface area contributed by atoms with Crippen LogP contribution in [0.4, 0.5) is 13.6 Å². The Labute approximate surface area is 184 Å². The van der Waals surface area contributed by atoms with Gasteiger partial charge in [-0.1, -0.05) is 64.5 Å². The summed E-state index contributed by atoms with van der Waals surface area (Å²) in [6.45, 7) is -0.00878. The molecule has 3 aromatic carbocycles. The van der Waals surface area contributed by atoms with Crippen molar-refractivity contribution in [2.45, 2.75) is 12.0 Å². The number of rotatable bonds is 5. The van der Waals surface area contributed by atoms with Crippen LogP contribution in [-0.4, -0.2) is 23.8 Å². The normalized spacial score (nSPS) is 13.3. The van der Waals surface area contributed by atoms with Gasteiger partial charge >= 0.3 is 12.1 Å². The quantitative estimate of drug-likeness (QED) is 0.473. The number of carboxylic acids is 1. The van der Waals surface area contributed by atoms with Crippen LogP contribution in [-0.2, 0) is 9.53 Å². The number of hydrogen-bond donors (Lipinski definition) is 2. The summed E-state index contributed by atoms with van der Waals surface area (Å²) < 4.78 is 32.3. The van der Waals surface area contributed by atoms with Crippen molar-refractivity contribution in [2.24, 2.45) is 0 Å². The number of aliphatic carboxylic acids is 1. The minimum atomic E-state index is -1.62. The Bertz CT molecular complexity index is 1140. The van der Waals surface area contributed by atoms with E-state index in [2.05, 4.69) is 21.2 Å². The Morgan fingerprint density at radius 1 is 1.00 bits per heavy atom. The minimum Gasteiger partial charge on any atom is -0.479 e. The molecular formula is C23H16BrF2NO4. The number of carboxylic acid groups (broad SMARTS) is 1. The second-order valence-electron chi connectivity index (χ2n) is 7.03. The number of carbonyl (C=O) groups excluding carboxylic acids is 1. The van der Waals surface area contributed by atoms with Gasteiger partial charge in [0.25, 0.3) is 0 Å². The van der Waals surface area contributed by atoms with E-state index < -0.39 is 29.7 Å². The fourth-order valence-corrected chi connectivity index (χ4v) is 4.33. The van der Waals surface area contributed by atoms with E-state index in [0.29, 0.717) is 0 Å². The van der Waals surface area contributed by atoms with Crippen molar-refractivity contribution in [3.05, 3.63) is 93.5 Å². The maximum atomic E-state index is 13.6. The highest BCUT2D eigenvalue weighted by Crippen LogP contribution is 2.44. The molecule has 0 spiro atoms. The largest absolute Gasteiger partial charge is 0.479 e. The molecule has 31 heavy (non-hydrogen) atoms. The van der Waals surface area contributed by atoms with E-state index >= 15 is 0 Å². The summed E-state index contributed by atoms with van der Waals surface area (Å²) in [6, 6.07) is 15.5. The zero-order chi connectivity index (χ0) is 22.1. The maximum Gasteiger partial charge on any atom is 0.408 e. The summed E-state index contributed by atoms with van der Waals surface area (Å²) in [5.41, 5.74) is 3.99. The highest BCUT2D eigenvalue weighted by atomic mass is 79.9. The van der Waals surface area contributed by atoms with Gasteiger partial charge in [-0.3, -0.25) is 0 Å². The first kappa shape index (κ1) is 21.0. The second-order valence-corrected chi connectivity index (χ2v) is 7.88. The first-order valence-corrected chi connectivity index (χ1v) is 10.1. The van der Waals surface area contributed by atoms with Crippen molar-refractivity contribution in [1.29, 1.82) is 0 Å². The number of alkyl carbamates (subject to hydrolysis) is 1. The molecule has 4 rings (SSSR count). The summed E-state index contributed by atoms with van der Waals surface area (Å²) in [5, 5.41) is 11.7. The molecule has 0 radical (unpaired) electrons. The molecule has 1 aliphatic rings. The fourth-order valence-electron chi connectivity index (χ4n) is 3.79. The topological polar surface area (TPSA) is 75.6 Å². The molecule has 5 nitrogen and oxygen atoms in total. The summed E-state index contributed by atoms with van der Waals surface area (Å²) in [4.78, 5) is 24.1. The third-order valence-corrected chi connectivity index (χ3v) is 5.89. The van der Waals surface area contributed by atoms with Crippen LogP contribution in [0, 0.1) is 11.6 Å². The van der Waals surface area contributed by atoms with Crippen LogP contribution < -0.4 is 5.32 Å². The van der Waals surface area contributed by atoms with Crippen LogP contribution in [0.5, 0.6) is 0 Å². The van der Waals surface area contributed by atoms with E-state index in [1.54, 1.807) is 0 Å². The van der Waals surface area contributed by atoms with E-state index in [9.17, 15) is 23.5 Å². The Kier molecular flexibility index (Phi) is 5.73. The smallest absolute Gasteiger partial charge is 0.408 e. The van der Waals surface area contributed by atoms with E-state index in [1.165, 1.54) is 0 Å². The minimum absolute atomic E-state index is 0.00878. The van der Waals surface area contributed by atoms with Gasteiger partial charge in [0.1, 0.15) is 6.61 Å². The van der Waals surface area contributed by atoms with Crippen LogP contribution in [0.2, 0.25) is 0 Å². The third-order valence-electron chi connectivity index (χ3n) is 5.20. The molecule has 8 heteroatoms. The Morgan fingerprint density at radius 3 is 2.13 bits per heavy atom. The van der Waals surface area contributed by atoms with Gasteiger partial charge in [0, 0.05) is 16.0 Å². The molecule has 2 N–H and O–H groups in total. The Morgan fingerprint density at radius 2 is 1.55 bits per heavy atom. The van der Waals surface area contributed by atoms with E-state index in [0.717, 1.165) is 34.4 Å². The molecule has 0 aliphatic heterocycles. The number of benzene rings is 3. The molecule has 0 saturated carbocycles. The lowest BCUT2D eigenvalue weighted by Crippen LogP contribution is -2.35. The predicted molar refractivity (Wildman–Crippen MR) is 113 cm³/mol. The van der Waals surface area contributed by atoms with E-state index in [1.807, 2.05) is 48.5 Å². The molecule has 1 amide bonds. The van der Waals surface area contributed by atoms with Gasteiger partial charge in [0.2, 0.25) is 0 Å². The van der Waals surface area contributed by atoms with Gasteiger partial charge in [-0.25, -0.2) is 18.4 Å². The molecule has 1 aliphatic carbocycles. The van der Waals surface area contributed by atoms with Crippen molar-refractivity contribution in [2.75, 3.05) is 6.61 Å². The van der Waals surface area contributed by atoms with Crippen molar-refractivity contribution in [3.63, 3.8) is 0 Å². The van der Waals surface area contributed by atoms with Crippen LogP contribution in [0.25, 0.3) is 11.1 Å². The number of nitrogens with one attached hydrogen (secondary N) is 1. The van der Waals surface area contributed by atoms with Gasteiger partial charge < -0.3 is 15.2 Å². The van der Waals surface area contributed by atoms with Crippen LogP contribution >= 0.6 is 15.9 Å². The Balaban J connectivity index is 1.51. The summed E-state index contributed by atoms with van der Waals surface area (Å²) in [7, 11) is 0. The van der Waals surface area contributed by atoms with Crippen molar-refractivity contribution < 1.29 is 28.2 Å². The summed E-state index contributed by atoms with van der Waals surface area (Å²) >= 11 is 3.01. The highest BCUT2D eigenvalue weighted by Gasteiger charge is 2.30. The van der Waals surface area contributed by atoms with Gasteiger partial charge in [0.15, 0.2) is 17.7 Å². The average molecular weight is 488 g/mol. The van der Waals surface area contributed by atoms with Crippen LogP contribution in [0.3, 0.4) is 0 Å². The first-order chi connectivity index (χ1) is 14.9. The lowest BCUT2D eigenvalue weighted by atomic mass is 9.98. The number of hydrogen-bond acceptors (Lipinski definition) is 3. The molecule has 0 saturated heterocycles. The standard InChI is InChI=1S/C23H16BrF2NO4/c24-18-10-20(26)19(25)9-16(18)21(22(28)29)27-23(30)31-11-17-14-7-3-1-5-12(14)13-6-2-4-8-15(13)17/h1-10,17,21H,11H2,(H,27,30)(H,28,29). The molecule has 0 heterocycles. The number of amides is 1. The molecule has 0 fully saturated rings. The maximum absolute atomic E-state index is 13.6. The summed E-state index contributed by atoms with van der Waals surface area (Å²) in [5.74, 6) is -4.00. The number of ether oxygens (including phenoxy) is 1. The van der Waals surface area contributed by atoms with Crippen LogP contribution in [0.1, 0.15) is 28.7 Å². The summed E-state index contributed by atoms with van der Waals surface area (Å²) in [6.07, 6.45) is -0.981. The SMILES string of the molecule is O=C(NC(C(=O)O)c1cc(F)c(F)cc1Br)OCC1c2ccccc2-c2ccccc21. The zero-order valence-corrected chi connectivity index (χ0v) is 17.5. The van der Waals surface area contributed by atoms with E-state index in [-0.39, 0.29) is 22.6 Å². The number of fused-ring (bicyclic) bond motifs is 3. The average Bonchev–Trinajstić information content (AvgIpc) is 3.07. The van der Waals surface area contributed by atoms with Crippen LogP contribution in [0.15, 0.2) is 65.1 Å². The predicted octanol–water partition coefficient (Wildman–Crippen LogP) is 5.39. The lowest BCUT2D eigenvalue weighted by molar-refractivity contribution is -0.139. The number of carbonyl (C=O) groups is 2. The second kappa shape index (κ2) is 8.47. The molecule has 1 atom stereocenters.